The summed E-state index contributed by atoms with van der Waals surface area (Å²) in [7, 11) is 2.96. The lowest BCUT2D eigenvalue weighted by Gasteiger charge is -2.36. The molecule has 30 heavy (non-hydrogen) atoms. The number of nitrogens with zero attached hydrogens (tertiary/aromatic N) is 2. The van der Waals surface area contributed by atoms with Crippen LogP contribution in [0.2, 0.25) is 0 Å². The van der Waals surface area contributed by atoms with Crippen LogP contribution in [0.15, 0.2) is 36.4 Å². The van der Waals surface area contributed by atoms with Crippen molar-refractivity contribution in [3.8, 4) is 11.5 Å². The van der Waals surface area contributed by atoms with Gasteiger partial charge in [-0.1, -0.05) is 12.1 Å². The molecular formula is C22H28FN3O4. The van der Waals surface area contributed by atoms with Crippen molar-refractivity contribution in [3.05, 3.63) is 63.5 Å². The molecule has 8 heteroatoms. The second-order valence-corrected chi connectivity index (χ2v) is 7.69. The number of methoxy groups -OCH3 is 2. The van der Waals surface area contributed by atoms with Crippen LogP contribution in [0.5, 0.6) is 11.5 Å². The van der Waals surface area contributed by atoms with E-state index in [0.717, 1.165) is 31.2 Å². The molecule has 0 amide bonds. The molecule has 7 nitrogen and oxygen atoms in total. The zero-order valence-electron chi connectivity index (χ0n) is 17.3. The zero-order chi connectivity index (χ0) is 21.7. The average molecular weight is 417 g/mol. The minimum absolute atomic E-state index is 0.00994. The predicted molar refractivity (Wildman–Crippen MR) is 112 cm³/mol. The van der Waals surface area contributed by atoms with Crippen LogP contribution in [0.25, 0.3) is 0 Å². The Labute approximate surface area is 175 Å². The van der Waals surface area contributed by atoms with Crippen molar-refractivity contribution in [2.45, 2.75) is 50.9 Å². The van der Waals surface area contributed by atoms with Gasteiger partial charge in [-0.25, -0.2) is 4.39 Å². The Balaban J connectivity index is 1.93. The van der Waals surface area contributed by atoms with Crippen molar-refractivity contribution in [1.82, 2.24) is 4.90 Å². The van der Waals surface area contributed by atoms with Crippen LogP contribution in [-0.4, -0.2) is 36.1 Å². The van der Waals surface area contributed by atoms with E-state index in [9.17, 15) is 14.5 Å². The van der Waals surface area contributed by atoms with Gasteiger partial charge in [0, 0.05) is 30.7 Å². The van der Waals surface area contributed by atoms with Gasteiger partial charge in [-0.3, -0.25) is 15.0 Å². The number of nitro groups is 1. The number of hydrogen-bond acceptors (Lipinski definition) is 6. The van der Waals surface area contributed by atoms with Gasteiger partial charge < -0.3 is 15.2 Å². The number of rotatable bonds is 8. The van der Waals surface area contributed by atoms with Crippen molar-refractivity contribution in [2.75, 3.05) is 14.2 Å². The van der Waals surface area contributed by atoms with Crippen molar-refractivity contribution < 1.29 is 18.8 Å². The van der Waals surface area contributed by atoms with Gasteiger partial charge in [0.15, 0.2) is 11.5 Å². The van der Waals surface area contributed by atoms with Crippen molar-refractivity contribution >= 4 is 5.69 Å². The van der Waals surface area contributed by atoms with Gasteiger partial charge in [-0.15, -0.1) is 0 Å². The standard InChI is InChI=1S/C22H28FN3O4/c1-29-21-11-16(20(26(27)28)12-22(21)30-2)14-25(19-9-7-18(24)8-10-19)13-15-3-5-17(23)6-4-15/h3-6,11-12,18-19H,7-10,13-14,24H2,1-2H3. The lowest BCUT2D eigenvalue weighted by molar-refractivity contribution is -0.385. The molecular weight excluding hydrogens is 389 g/mol. The Kier molecular flexibility index (Phi) is 7.23. The molecule has 0 heterocycles. The summed E-state index contributed by atoms with van der Waals surface area (Å²) in [5.74, 6) is 0.483. The fraction of sp³-hybridized carbons (Fsp3) is 0.455. The van der Waals surface area contributed by atoms with Crippen LogP contribution in [0.3, 0.4) is 0 Å². The molecule has 0 aliphatic heterocycles. The first-order valence-corrected chi connectivity index (χ1v) is 10.0. The van der Waals surface area contributed by atoms with Crippen LogP contribution >= 0.6 is 0 Å². The first-order valence-electron chi connectivity index (χ1n) is 10.0. The molecule has 2 N–H and O–H groups in total. The Morgan fingerprint density at radius 1 is 1.07 bits per heavy atom. The summed E-state index contributed by atoms with van der Waals surface area (Å²) in [6.07, 6.45) is 3.67. The van der Waals surface area contributed by atoms with Gasteiger partial charge in [0.2, 0.25) is 0 Å². The molecule has 0 bridgehead atoms. The summed E-state index contributed by atoms with van der Waals surface area (Å²) >= 11 is 0. The molecule has 2 aromatic carbocycles. The van der Waals surface area contributed by atoms with Gasteiger partial charge in [0.25, 0.3) is 5.69 Å². The van der Waals surface area contributed by atoms with Crippen LogP contribution < -0.4 is 15.2 Å². The number of nitrogens with two attached hydrogens (primary N) is 1. The fourth-order valence-electron chi connectivity index (χ4n) is 4.03. The third-order valence-electron chi connectivity index (χ3n) is 5.71. The van der Waals surface area contributed by atoms with Crippen LogP contribution in [0.1, 0.15) is 36.8 Å². The summed E-state index contributed by atoms with van der Waals surface area (Å²) in [5, 5.41) is 11.7. The maximum absolute atomic E-state index is 13.3. The van der Waals surface area contributed by atoms with Gasteiger partial charge >= 0.3 is 0 Å². The minimum Gasteiger partial charge on any atom is -0.493 e. The third kappa shape index (κ3) is 5.25. The lowest BCUT2D eigenvalue weighted by atomic mass is 9.90. The Morgan fingerprint density at radius 2 is 1.67 bits per heavy atom. The van der Waals surface area contributed by atoms with E-state index in [1.165, 1.54) is 32.4 Å². The smallest absolute Gasteiger partial charge is 0.277 e. The predicted octanol–water partition coefficient (Wildman–Crippen LogP) is 4.02. The molecule has 0 saturated heterocycles. The summed E-state index contributed by atoms with van der Waals surface area (Å²) in [4.78, 5) is 13.5. The average Bonchev–Trinajstić information content (AvgIpc) is 2.74. The van der Waals surface area contributed by atoms with Crippen LogP contribution in [-0.2, 0) is 13.1 Å². The Bertz CT molecular complexity index is 867. The van der Waals surface area contributed by atoms with Gasteiger partial charge in [0.05, 0.1) is 25.2 Å². The molecule has 0 spiro atoms. The Hall–Kier alpha value is -2.71. The van der Waals surface area contributed by atoms with Crippen molar-refractivity contribution in [2.24, 2.45) is 5.73 Å². The first-order chi connectivity index (χ1) is 14.4. The van der Waals surface area contributed by atoms with Crippen LogP contribution in [0.4, 0.5) is 10.1 Å². The number of benzene rings is 2. The first kappa shape index (κ1) is 22.0. The van der Waals surface area contributed by atoms with E-state index in [0.29, 0.717) is 30.2 Å². The highest BCUT2D eigenvalue weighted by Crippen LogP contribution is 2.36. The van der Waals surface area contributed by atoms with E-state index >= 15 is 0 Å². The Morgan fingerprint density at radius 3 is 2.23 bits per heavy atom. The topological polar surface area (TPSA) is 90.9 Å². The highest BCUT2D eigenvalue weighted by molar-refractivity contribution is 5.54. The van der Waals surface area contributed by atoms with E-state index in [-0.39, 0.29) is 23.6 Å². The second kappa shape index (κ2) is 9.86. The molecule has 0 aromatic heterocycles. The number of nitro benzene ring substituents is 1. The molecule has 0 unspecified atom stereocenters. The zero-order valence-corrected chi connectivity index (χ0v) is 17.3. The molecule has 0 radical (unpaired) electrons. The third-order valence-corrected chi connectivity index (χ3v) is 5.71. The lowest BCUT2D eigenvalue weighted by Crippen LogP contribution is -2.40. The number of ether oxygens (including phenoxy) is 2. The molecule has 1 aliphatic rings. The van der Waals surface area contributed by atoms with Gasteiger partial charge in [-0.05, 0) is 49.4 Å². The molecule has 2 aromatic rings. The van der Waals surface area contributed by atoms with E-state index in [1.807, 2.05) is 0 Å². The molecule has 1 saturated carbocycles. The molecule has 162 valence electrons. The van der Waals surface area contributed by atoms with Crippen LogP contribution in [0, 0.1) is 15.9 Å². The minimum atomic E-state index is -0.399. The molecule has 0 atom stereocenters. The largest absolute Gasteiger partial charge is 0.493 e. The summed E-state index contributed by atoms with van der Waals surface area (Å²) in [6.45, 7) is 0.930. The highest BCUT2D eigenvalue weighted by Gasteiger charge is 2.28. The normalized spacial score (nSPS) is 19.0. The van der Waals surface area contributed by atoms with Gasteiger partial charge in [-0.2, -0.15) is 0 Å². The molecule has 1 aliphatic carbocycles. The second-order valence-electron chi connectivity index (χ2n) is 7.69. The van der Waals surface area contributed by atoms with Crippen molar-refractivity contribution in [1.29, 1.82) is 0 Å². The SMILES string of the molecule is COc1cc(CN(Cc2ccc(F)cc2)C2CCC(N)CC2)c([N+](=O)[O-])cc1OC. The van der Waals surface area contributed by atoms with Gasteiger partial charge in [0.1, 0.15) is 5.82 Å². The van der Waals surface area contributed by atoms with E-state index in [4.69, 9.17) is 15.2 Å². The quantitative estimate of drug-likeness (QED) is 0.515. The van der Waals surface area contributed by atoms with Crippen molar-refractivity contribution in [3.63, 3.8) is 0 Å². The fourth-order valence-corrected chi connectivity index (χ4v) is 4.03. The monoisotopic (exact) mass is 417 g/mol. The summed E-state index contributed by atoms with van der Waals surface area (Å²) < 4.78 is 23.9. The number of halogens is 1. The van der Waals surface area contributed by atoms with E-state index in [2.05, 4.69) is 4.90 Å². The summed E-state index contributed by atoms with van der Waals surface area (Å²) in [6, 6.07) is 9.88. The maximum atomic E-state index is 13.3. The maximum Gasteiger partial charge on any atom is 0.277 e. The highest BCUT2D eigenvalue weighted by atomic mass is 19.1. The summed E-state index contributed by atoms with van der Waals surface area (Å²) in [5.41, 5.74) is 7.57. The molecule has 3 rings (SSSR count). The molecule has 1 fully saturated rings. The van der Waals surface area contributed by atoms with E-state index < -0.39 is 4.92 Å². The number of hydrogen-bond donors (Lipinski definition) is 1. The van der Waals surface area contributed by atoms with E-state index in [1.54, 1.807) is 18.2 Å².